The number of imide groups is 1. The van der Waals surface area contributed by atoms with Gasteiger partial charge in [0.15, 0.2) is 0 Å². The van der Waals surface area contributed by atoms with Crippen molar-refractivity contribution in [1.29, 1.82) is 0 Å². The zero-order chi connectivity index (χ0) is 24.0. The number of anilines is 1. The number of nitrogens with one attached hydrogen (secondary N) is 2. The van der Waals surface area contributed by atoms with E-state index in [9.17, 15) is 19.2 Å². The number of rotatable bonds is 6. The molecule has 0 unspecified atom stereocenters. The lowest BCUT2D eigenvalue weighted by atomic mass is 10.1. The maximum Gasteiger partial charge on any atom is 0.407 e. The lowest BCUT2D eigenvalue weighted by Gasteiger charge is -2.37. The fraction of sp³-hybridized carbons (Fsp3) is 0.500. The third kappa shape index (κ3) is 7.06. The molecular formula is C24H32N4O5. The van der Waals surface area contributed by atoms with Gasteiger partial charge in [-0.25, -0.2) is 4.79 Å². The summed E-state index contributed by atoms with van der Waals surface area (Å²) >= 11 is 0. The van der Waals surface area contributed by atoms with Gasteiger partial charge in [0.25, 0.3) is 5.91 Å². The fourth-order valence-corrected chi connectivity index (χ4v) is 3.81. The number of amides is 4. The highest BCUT2D eigenvalue weighted by atomic mass is 16.6. The molecule has 33 heavy (non-hydrogen) atoms. The van der Waals surface area contributed by atoms with Crippen molar-refractivity contribution in [3.63, 3.8) is 0 Å². The lowest BCUT2D eigenvalue weighted by Crippen LogP contribution is -2.49. The third-order valence-corrected chi connectivity index (χ3v) is 5.37. The maximum absolute atomic E-state index is 12.6. The maximum atomic E-state index is 12.6. The Balaban J connectivity index is 1.48. The summed E-state index contributed by atoms with van der Waals surface area (Å²) in [5, 5.41) is 4.98. The highest BCUT2D eigenvalue weighted by Crippen LogP contribution is 2.26. The largest absolute Gasteiger partial charge is 0.444 e. The van der Waals surface area contributed by atoms with Crippen molar-refractivity contribution in [2.75, 3.05) is 37.6 Å². The molecule has 2 fully saturated rings. The molecule has 4 amide bonds. The second-order valence-electron chi connectivity index (χ2n) is 9.18. The van der Waals surface area contributed by atoms with Gasteiger partial charge in [-0.1, -0.05) is 18.2 Å². The summed E-state index contributed by atoms with van der Waals surface area (Å²) in [4.78, 5) is 51.6. The normalized spacial score (nSPS) is 17.8. The van der Waals surface area contributed by atoms with Gasteiger partial charge >= 0.3 is 6.09 Å². The summed E-state index contributed by atoms with van der Waals surface area (Å²) < 4.78 is 5.18. The average Bonchev–Trinajstić information content (AvgIpc) is 3.07. The Labute approximate surface area is 194 Å². The van der Waals surface area contributed by atoms with E-state index in [2.05, 4.69) is 15.5 Å². The summed E-state index contributed by atoms with van der Waals surface area (Å²) in [6.07, 6.45) is 2.30. The standard InChI is InChI=1S/C24H32N4O5/c1-24(2,3)33-23(32)25-10-6-9-21(30)28-13-11-27(12-14-28)19-8-5-4-7-17(19)15-18-16-20(29)26-22(18)31/h4-5,7-8,15H,6,9-14,16H2,1-3H3,(H,25,32)(H,26,29,31). The van der Waals surface area contributed by atoms with Crippen molar-refractivity contribution in [2.45, 2.75) is 45.6 Å². The summed E-state index contributed by atoms with van der Waals surface area (Å²) in [6.45, 7) is 8.34. The van der Waals surface area contributed by atoms with E-state index in [0.29, 0.717) is 51.1 Å². The summed E-state index contributed by atoms with van der Waals surface area (Å²) in [7, 11) is 0. The van der Waals surface area contributed by atoms with E-state index in [1.54, 1.807) is 26.8 Å². The van der Waals surface area contributed by atoms with E-state index in [1.165, 1.54) is 0 Å². The number of hydrogen-bond acceptors (Lipinski definition) is 6. The summed E-state index contributed by atoms with van der Waals surface area (Å²) in [6, 6.07) is 7.75. The van der Waals surface area contributed by atoms with E-state index in [0.717, 1.165) is 11.3 Å². The topological polar surface area (TPSA) is 108 Å². The molecule has 0 radical (unpaired) electrons. The van der Waals surface area contributed by atoms with Gasteiger partial charge < -0.3 is 19.9 Å². The molecule has 9 nitrogen and oxygen atoms in total. The molecule has 2 N–H and O–H groups in total. The van der Waals surface area contributed by atoms with Crippen molar-refractivity contribution < 1.29 is 23.9 Å². The first-order valence-electron chi connectivity index (χ1n) is 11.3. The van der Waals surface area contributed by atoms with Gasteiger partial charge in [0, 0.05) is 50.4 Å². The van der Waals surface area contributed by atoms with Crippen LogP contribution >= 0.6 is 0 Å². The SMILES string of the molecule is CC(C)(C)OC(=O)NCCCC(=O)N1CCN(c2ccccc2C=C2CC(=O)NC2=O)CC1. The molecule has 2 heterocycles. The first-order chi connectivity index (χ1) is 15.6. The van der Waals surface area contributed by atoms with Gasteiger partial charge in [-0.05, 0) is 44.9 Å². The molecule has 2 aliphatic heterocycles. The van der Waals surface area contributed by atoms with Crippen LogP contribution in [0.2, 0.25) is 0 Å². The van der Waals surface area contributed by atoms with Crippen molar-refractivity contribution >= 4 is 35.6 Å². The Bertz CT molecular complexity index is 942. The minimum Gasteiger partial charge on any atom is -0.444 e. The third-order valence-electron chi connectivity index (χ3n) is 5.37. The number of ether oxygens (including phenoxy) is 1. The summed E-state index contributed by atoms with van der Waals surface area (Å²) in [5.41, 5.74) is 1.77. The first-order valence-corrected chi connectivity index (χ1v) is 11.3. The highest BCUT2D eigenvalue weighted by Gasteiger charge is 2.25. The molecule has 0 aromatic heterocycles. The highest BCUT2D eigenvalue weighted by molar-refractivity contribution is 6.15. The summed E-state index contributed by atoms with van der Waals surface area (Å²) in [5.74, 6) is -0.555. The second kappa shape index (κ2) is 10.5. The van der Waals surface area contributed by atoms with Crippen LogP contribution in [0.25, 0.3) is 6.08 Å². The molecule has 0 spiro atoms. The predicted molar refractivity (Wildman–Crippen MR) is 124 cm³/mol. The number of carbonyl (C=O) groups is 4. The number of para-hydroxylation sites is 1. The number of alkyl carbamates (subject to hydrolysis) is 1. The molecule has 0 bridgehead atoms. The molecule has 9 heteroatoms. The molecule has 178 valence electrons. The molecule has 0 atom stereocenters. The van der Waals surface area contributed by atoms with Crippen LogP contribution in [-0.4, -0.2) is 67.0 Å². The van der Waals surface area contributed by atoms with Gasteiger partial charge in [0.05, 0.1) is 6.42 Å². The number of piperazine rings is 1. The molecule has 2 aliphatic rings. The van der Waals surface area contributed by atoms with Crippen LogP contribution in [0.15, 0.2) is 29.8 Å². The molecular weight excluding hydrogens is 424 g/mol. The molecule has 3 rings (SSSR count). The van der Waals surface area contributed by atoms with Crippen molar-refractivity contribution in [1.82, 2.24) is 15.5 Å². The molecule has 0 aliphatic carbocycles. The van der Waals surface area contributed by atoms with Crippen molar-refractivity contribution in [3.8, 4) is 0 Å². The average molecular weight is 457 g/mol. The van der Waals surface area contributed by atoms with Gasteiger partial charge in [0.2, 0.25) is 11.8 Å². The monoisotopic (exact) mass is 456 g/mol. The Hall–Kier alpha value is -3.36. The van der Waals surface area contributed by atoms with Crippen molar-refractivity contribution in [2.24, 2.45) is 0 Å². The molecule has 1 aromatic carbocycles. The minimum absolute atomic E-state index is 0.0668. The van der Waals surface area contributed by atoms with Crippen LogP contribution in [0.3, 0.4) is 0 Å². The van der Waals surface area contributed by atoms with Crippen LogP contribution in [0.4, 0.5) is 10.5 Å². The number of hydrogen-bond donors (Lipinski definition) is 2. The van der Waals surface area contributed by atoms with Crippen molar-refractivity contribution in [3.05, 3.63) is 35.4 Å². The van der Waals surface area contributed by atoms with E-state index >= 15 is 0 Å². The predicted octanol–water partition coefficient (Wildman–Crippen LogP) is 2.07. The van der Waals surface area contributed by atoms with Crippen LogP contribution in [0.1, 0.15) is 45.6 Å². The zero-order valence-corrected chi connectivity index (χ0v) is 19.5. The quantitative estimate of drug-likeness (QED) is 0.385. The van der Waals surface area contributed by atoms with Crippen LogP contribution in [0, 0.1) is 0 Å². The fourth-order valence-electron chi connectivity index (χ4n) is 3.81. The van der Waals surface area contributed by atoms with Gasteiger partial charge in [-0.2, -0.15) is 0 Å². The second-order valence-corrected chi connectivity index (χ2v) is 9.18. The van der Waals surface area contributed by atoms with Crippen LogP contribution in [0.5, 0.6) is 0 Å². The number of carbonyl (C=O) groups excluding carboxylic acids is 4. The lowest BCUT2D eigenvalue weighted by molar-refractivity contribution is -0.131. The van der Waals surface area contributed by atoms with Gasteiger partial charge in [-0.15, -0.1) is 0 Å². The Kier molecular flexibility index (Phi) is 7.73. The Morgan fingerprint density at radius 1 is 1.12 bits per heavy atom. The van der Waals surface area contributed by atoms with E-state index < -0.39 is 11.7 Å². The smallest absolute Gasteiger partial charge is 0.407 e. The minimum atomic E-state index is -0.546. The van der Waals surface area contributed by atoms with E-state index in [4.69, 9.17) is 4.74 Å². The van der Waals surface area contributed by atoms with Crippen LogP contribution < -0.4 is 15.5 Å². The van der Waals surface area contributed by atoms with E-state index in [-0.39, 0.29) is 24.1 Å². The van der Waals surface area contributed by atoms with Gasteiger partial charge in [-0.3, -0.25) is 19.7 Å². The Morgan fingerprint density at radius 3 is 2.45 bits per heavy atom. The molecule has 2 saturated heterocycles. The van der Waals surface area contributed by atoms with E-state index in [1.807, 2.05) is 29.2 Å². The molecule has 0 saturated carbocycles. The molecule has 1 aromatic rings. The Morgan fingerprint density at radius 2 is 1.82 bits per heavy atom. The van der Waals surface area contributed by atoms with Gasteiger partial charge in [0.1, 0.15) is 5.60 Å². The number of benzene rings is 1. The first kappa shape index (κ1) is 24.3. The number of nitrogens with zero attached hydrogens (tertiary/aromatic N) is 2. The zero-order valence-electron chi connectivity index (χ0n) is 19.5. The van der Waals surface area contributed by atoms with Crippen LogP contribution in [-0.2, 0) is 19.1 Å².